The Kier molecular flexibility index (Phi) is 3.46. The number of amides is 1. The molecule has 1 heterocycles. The first-order chi connectivity index (χ1) is 7.70. The Hall–Kier alpha value is -1.06. The SMILES string of the molecule is CN[C@@H]1CCN(C(=O)c2ccc(Cl)cc2)C1. The number of likely N-dealkylation sites (tertiary alicyclic amines) is 1. The molecule has 0 bridgehead atoms. The van der Waals surface area contributed by atoms with E-state index >= 15 is 0 Å². The summed E-state index contributed by atoms with van der Waals surface area (Å²) in [5.41, 5.74) is 0.709. The van der Waals surface area contributed by atoms with Crippen LogP contribution in [0.4, 0.5) is 0 Å². The van der Waals surface area contributed by atoms with Gasteiger partial charge in [-0.3, -0.25) is 4.79 Å². The van der Waals surface area contributed by atoms with Crippen molar-refractivity contribution in [3.8, 4) is 0 Å². The highest BCUT2D eigenvalue weighted by Crippen LogP contribution is 2.15. The molecule has 4 heteroatoms. The number of likely N-dealkylation sites (N-methyl/N-ethyl adjacent to an activating group) is 1. The summed E-state index contributed by atoms with van der Waals surface area (Å²) in [7, 11) is 1.93. The van der Waals surface area contributed by atoms with Crippen LogP contribution in [0, 0.1) is 0 Å². The van der Waals surface area contributed by atoms with Crippen LogP contribution in [0.5, 0.6) is 0 Å². The Morgan fingerprint density at radius 2 is 2.12 bits per heavy atom. The molecule has 1 aromatic rings. The first kappa shape index (κ1) is 11.4. The molecule has 1 aliphatic heterocycles. The molecule has 1 fully saturated rings. The van der Waals surface area contributed by atoms with E-state index in [1.165, 1.54) is 0 Å². The highest BCUT2D eigenvalue weighted by atomic mass is 35.5. The largest absolute Gasteiger partial charge is 0.337 e. The second-order valence-corrected chi connectivity index (χ2v) is 4.47. The molecule has 1 atom stereocenters. The van der Waals surface area contributed by atoms with E-state index in [4.69, 9.17) is 11.6 Å². The van der Waals surface area contributed by atoms with Crippen LogP contribution in [0.15, 0.2) is 24.3 Å². The van der Waals surface area contributed by atoms with Crippen LogP contribution in [-0.2, 0) is 0 Å². The Labute approximate surface area is 100 Å². The van der Waals surface area contributed by atoms with Crippen molar-refractivity contribution in [3.05, 3.63) is 34.9 Å². The number of benzene rings is 1. The monoisotopic (exact) mass is 238 g/mol. The second-order valence-electron chi connectivity index (χ2n) is 4.03. The number of carbonyl (C=O) groups excluding carboxylic acids is 1. The van der Waals surface area contributed by atoms with E-state index in [0.29, 0.717) is 16.6 Å². The van der Waals surface area contributed by atoms with Crippen LogP contribution < -0.4 is 5.32 Å². The van der Waals surface area contributed by atoms with Crippen molar-refractivity contribution in [2.24, 2.45) is 0 Å². The van der Waals surface area contributed by atoms with E-state index in [2.05, 4.69) is 5.32 Å². The number of nitrogens with zero attached hydrogens (tertiary/aromatic N) is 1. The van der Waals surface area contributed by atoms with Gasteiger partial charge in [0, 0.05) is 29.7 Å². The van der Waals surface area contributed by atoms with E-state index in [1.807, 2.05) is 11.9 Å². The summed E-state index contributed by atoms with van der Waals surface area (Å²) in [5.74, 6) is 0.0921. The molecule has 0 saturated carbocycles. The summed E-state index contributed by atoms with van der Waals surface area (Å²) in [6.07, 6.45) is 1.02. The fourth-order valence-corrected chi connectivity index (χ4v) is 2.08. The molecule has 1 saturated heterocycles. The van der Waals surface area contributed by atoms with Gasteiger partial charge in [-0.05, 0) is 37.7 Å². The molecule has 0 aromatic heterocycles. The molecule has 2 rings (SSSR count). The summed E-state index contributed by atoms with van der Waals surface area (Å²) in [6, 6.07) is 7.48. The van der Waals surface area contributed by atoms with Gasteiger partial charge in [0.15, 0.2) is 0 Å². The van der Waals surface area contributed by atoms with Crippen LogP contribution in [-0.4, -0.2) is 37.0 Å². The predicted octanol–water partition coefficient (Wildman–Crippen LogP) is 1.77. The van der Waals surface area contributed by atoms with E-state index in [-0.39, 0.29) is 5.91 Å². The normalized spacial score (nSPS) is 20.1. The van der Waals surface area contributed by atoms with Gasteiger partial charge in [0.2, 0.25) is 0 Å². The van der Waals surface area contributed by atoms with Crippen molar-refractivity contribution >= 4 is 17.5 Å². The van der Waals surface area contributed by atoms with Gasteiger partial charge in [0.25, 0.3) is 5.91 Å². The molecule has 0 unspecified atom stereocenters. The molecular weight excluding hydrogens is 224 g/mol. The minimum absolute atomic E-state index is 0.0921. The molecule has 0 radical (unpaired) electrons. The highest BCUT2D eigenvalue weighted by Gasteiger charge is 2.25. The maximum atomic E-state index is 12.1. The third-order valence-corrected chi connectivity index (χ3v) is 3.23. The fourth-order valence-electron chi connectivity index (χ4n) is 1.96. The molecule has 1 amide bonds. The van der Waals surface area contributed by atoms with Crippen molar-refractivity contribution < 1.29 is 4.79 Å². The van der Waals surface area contributed by atoms with Crippen LogP contribution in [0.2, 0.25) is 5.02 Å². The van der Waals surface area contributed by atoms with Crippen molar-refractivity contribution in [2.45, 2.75) is 12.5 Å². The lowest BCUT2D eigenvalue weighted by Crippen LogP contribution is -2.33. The van der Waals surface area contributed by atoms with Gasteiger partial charge < -0.3 is 10.2 Å². The molecule has 1 N–H and O–H groups in total. The summed E-state index contributed by atoms with van der Waals surface area (Å²) in [6.45, 7) is 1.62. The Morgan fingerprint density at radius 1 is 1.44 bits per heavy atom. The Balaban J connectivity index is 2.05. The van der Waals surface area contributed by atoms with Gasteiger partial charge in [-0.2, -0.15) is 0 Å². The van der Waals surface area contributed by atoms with E-state index in [9.17, 15) is 4.79 Å². The topological polar surface area (TPSA) is 32.3 Å². The molecule has 3 nitrogen and oxygen atoms in total. The zero-order valence-corrected chi connectivity index (χ0v) is 10.00. The lowest BCUT2D eigenvalue weighted by atomic mass is 10.2. The van der Waals surface area contributed by atoms with Crippen LogP contribution in [0.1, 0.15) is 16.8 Å². The zero-order chi connectivity index (χ0) is 11.5. The Morgan fingerprint density at radius 3 is 2.69 bits per heavy atom. The van der Waals surface area contributed by atoms with E-state index < -0.39 is 0 Å². The van der Waals surface area contributed by atoms with E-state index in [0.717, 1.165) is 19.5 Å². The third-order valence-electron chi connectivity index (χ3n) is 2.97. The number of hydrogen-bond donors (Lipinski definition) is 1. The molecule has 1 aromatic carbocycles. The zero-order valence-electron chi connectivity index (χ0n) is 9.24. The third kappa shape index (κ3) is 2.36. The van der Waals surface area contributed by atoms with Crippen molar-refractivity contribution in [1.82, 2.24) is 10.2 Å². The van der Waals surface area contributed by atoms with Crippen LogP contribution >= 0.6 is 11.6 Å². The highest BCUT2D eigenvalue weighted by molar-refractivity contribution is 6.30. The number of nitrogens with one attached hydrogen (secondary N) is 1. The number of halogens is 1. The maximum Gasteiger partial charge on any atom is 0.253 e. The summed E-state index contributed by atoms with van der Waals surface area (Å²) in [4.78, 5) is 14.0. The number of carbonyl (C=O) groups is 1. The number of hydrogen-bond acceptors (Lipinski definition) is 2. The van der Waals surface area contributed by atoms with Gasteiger partial charge >= 0.3 is 0 Å². The van der Waals surface area contributed by atoms with E-state index in [1.54, 1.807) is 24.3 Å². The van der Waals surface area contributed by atoms with Crippen LogP contribution in [0.3, 0.4) is 0 Å². The molecule has 0 spiro atoms. The number of rotatable bonds is 2. The quantitative estimate of drug-likeness (QED) is 0.852. The molecule has 86 valence electrons. The molecule has 1 aliphatic rings. The first-order valence-electron chi connectivity index (χ1n) is 5.43. The second kappa shape index (κ2) is 4.85. The lowest BCUT2D eigenvalue weighted by molar-refractivity contribution is 0.0789. The van der Waals surface area contributed by atoms with Gasteiger partial charge in [-0.25, -0.2) is 0 Å². The maximum absolute atomic E-state index is 12.1. The summed E-state index contributed by atoms with van der Waals surface area (Å²) >= 11 is 5.79. The summed E-state index contributed by atoms with van der Waals surface area (Å²) < 4.78 is 0. The molecule has 0 aliphatic carbocycles. The fraction of sp³-hybridized carbons (Fsp3) is 0.417. The predicted molar refractivity (Wildman–Crippen MR) is 64.8 cm³/mol. The molecular formula is C12H15ClN2O. The standard InChI is InChI=1S/C12H15ClN2O/c1-14-11-6-7-15(8-11)12(16)9-2-4-10(13)5-3-9/h2-5,11,14H,6-8H2,1H3/t11-/m1/s1. The van der Waals surface area contributed by atoms with Gasteiger partial charge in [-0.1, -0.05) is 11.6 Å². The average molecular weight is 239 g/mol. The minimum Gasteiger partial charge on any atom is -0.337 e. The lowest BCUT2D eigenvalue weighted by Gasteiger charge is -2.16. The minimum atomic E-state index is 0.0921. The van der Waals surface area contributed by atoms with Gasteiger partial charge in [0.05, 0.1) is 0 Å². The van der Waals surface area contributed by atoms with Crippen molar-refractivity contribution in [3.63, 3.8) is 0 Å². The average Bonchev–Trinajstić information content (AvgIpc) is 2.77. The summed E-state index contributed by atoms with van der Waals surface area (Å²) in [5, 5.41) is 3.85. The molecule has 16 heavy (non-hydrogen) atoms. The van der Waals surface area contributed by atoms with Crippen LogP contribution in [0.25, 0.3) is 0 Å². The van der Waals surface area contributed by atoms with Crippen molar-refractivity contribution in [2.75, 3.05) is 20.1 Å². The van der Waals surface area contributed by atoms with Gasteiger partial charge in [0.1, 0.15) is 0 Å². The first-order valence-corrected chi connectivity index (χ1v) is 5.80. The smallest absolute Gasteiger partial charge is 0.253 e. The Bertz CT molecular complexity index is 377. The van der Waals surface area contributed by atoms with Gasteiger partial charge in [-0.15, -0.1) is 0 Å². The van der Waals surface area contributed by atoms with Crippen molar-refractivity contribution in [1.29, 1.82) is 0 Å².